The zero-order valence-corrected chi connectivity index (χ0v) is 21.6. The lowest BCUT2D eigenvalue weighted by Gasteiger charge is -2.28. The number of allylic oxidation sites excluding steroid dienone is 2. The van der Waals surface area contributed by atoms with Gasteiger partial charge in [0.1, 0.15) is 23.4 Å². The molecule has 0 aromatic carbocycles. The molecule has 12 heteroatoms. The number of hydrogen-bond acceptors (Lipinski definition) is 8. The lowest BCUT2D eigenvalue weighted by Crippen LogP contribution is -2.31. The molecule has 3 aliphatic rings. The van der Waals surface area contributed by atoms with E-state index in [0.717, 1.165) is 49.7 Å². The molecule has 0 spiro atoms. The van der Waals surface area contributed by atoms with Gasteiger partial charge in [-0.2, -0.15) is 18.2 Å². The Morgan fingerprint density at radius 3 is 2.56 bits per heavy atom. The molecule has 4 heterocycles. The van der Waals surface area contributed by atoms with Crippen LogP contribution >= 0.6 is 0 Å². The maximum Gasteiger partial charge on any atom is 0.419 e. The molecule has 0 saturated carbocycles. The third kappa shape index (κ3) is 5.84. The summed E-state index contributed by atoms with van der Waals surface area (Å²) in [6.45, 7) is 2.21. The first-order valence-corrected chi connectivity index (χ1v) is 13.1. The fraction of sp³-hybridized carbons (Fsp3) is 0.481. The number of piperidine rings is 1. The minimum absolute atomic E-state index is 0.106. The quantitative estimate of drug-likeness (QED) is 0.422. The molecule has 0 bridgehead atoms. The van der Waals surface area contributed by atoms with Crippen LogP contribution in [0.3, 0.4) is 0 Å². The second-order valence-electron chi connectivity index (χ2n) is 9.83. The number of alkyl halides is 3. The van der Waals surface area contributed by atoms with Crippen LogP contribution in [0.1, 0.15) is 42.5 Å². The third-order valence-corrected chi connectivity index (χ3v) is 7.31. The number of rotatable bonds is 5. The van der Waals surface area contributed by atoms with Crippen molar-refractivity contribution in [2.75, 3.05) is 48.4 Å². The highest BCUT2D eigenvalue weighted by molar-refractivity contribution is 5.76. The Kier molecular flexibility index (Phi) is 7.72. The van der Waals surface area contributed by atoms with Crippen LogP contribution in [0, 0.1) is 5.92 Å². The average Bonchev–Trinajstić information content (AvgIpc) is 3.16. The summed E-state index contributed by atoms with van der Waals surface area (Å²) >= 11 is 0. The lowest BCUT2D eigenvalue weighted by molar-refractivity contribution is -0.144. The number of fused-ring (bicyclic) bond motifs is 1. The first-order chi connectivity index (χ1) is 18.7. The predicted molar refractivity (Wildman–Crippen MR) is 138 cm³/mol. The topological polar surface area (TPSA) is 83.5 Å². The number of pyridine rings is 1. The molecular weight excluding hydrogens is 516 g/mol. The summed E-state index contributed by atoms with van der Waals surface area (Å²) in [6, 6.07) is 2.33. The highest BCUT2D eigenvalue weighted by Crippen LogP contribution is 2.37. The number of esters is 1. The van der Waals surface area contributed by atoms with Crippen molar-refractivity contribution in [3.8, 4) is 0 Å². The van der Waals surface area contributed by atoms with E-state index in [2.05, 4.69) is 19.9 Å². The molecule has 1 unspecified atom stereocenters. The largest absolute Gasteiger partial charge is 0.468 e. The lowest BCUT2D eigenvalue weighted by atomic mass is 9.98. The van der Waals surface area contributed by atoms with Gasteiger partial charge in [-0.1, -0.05) is 6.08 Å². The summed E-state index contributed by atoms with van der Waals surface area (Å²) in [7, 11) is 1.22. The predicted octanol–water partition coefficient (Wildman–Crippen LogP) is 4.83. The van der Waals surface area contributed by atoms with Crippen molar-refractivity contribution in [2.45, 2.75) is 44.7 Å². The SMILES string of the molecule is COC(=O)C1CC=C(Nc2nc(N3CCCCC3)nc3c2CCN(c2ncccc2C(F)(F)F)CC3)C=C1F. The van der Waals surface area contributed by atoms with Gasteiger partial charge in [0.05, 0.1) is 18.4 Å². The molecule has 2 aromatic heterocycles. The molecule has 39 heavy (non-hydrogen) atoms. The number of carbonyl (C=O) groups excluding carboxylic acids is 1. The number of anilines is 3. The highest BCUT2D eigenvalue weighted by atomic mass is 19.4. The molecule has 1 saturated heterocycles. The maximum absolute atomic E-state index is 14.7. The molecule has 1 aliphatic carbocycles. The van der Waals surface area contributed by atoms with Gasteiger partial charge in [0, 0.05) is 50.1 Å². The van der Waals surface area contributed by atoms with E-state index in [1.54, 1.807) is 11.0 Å². The minimum atomic E-state index is -4.53. The van der Waals surface area contributed by atoms with Crippen molar-refractivity contribution < 1.29 is 27.1 Å². The van der Waals surface area contributed by atoms with E-state index in [0.29, 0.717) is 36.8 Å². The fourth-order valence-corrected chi connectivity index (χ4v) is 5.25. The molecule has 1 N–H and O–H groups in total. The number of nitrogens with one attached hydrogen (secondary N) is 1. The Balaban J connectivity index is 1.46. The summed E-state index contributed by atoms with van der Waals surface area (Å²) in [4.78, 5) is 29.3. The number of aromatic nitrogens is 3. The van der Waals surface area contributed by atoms with Gasteiger partial charge in [0.2, 0.25) is 5.95 Å². The van der Waals surface area contributed by atoms with Gasteiger partial charge in [0.15, 0.2) is 0 Å². The zero-order chi connectivity index (χ0) is 27.6. The molecule has 0 amide bonds. The van der Waals surface area contributed by atoms with E-state index in [4.69, 9.17) is 9.97 Å². The molecule has 0 radical (unpaired) electrons. The number of methoxy groups -OCH3 is 1. The van der Waals surface area contributed by atoms with Gasteiger partial charge in [-0.05, 0) is 50.3 Å². The van der Waals surface area contributed by atoms with Crippen molar-refractivity contribution in [3.05, 3.63) is 58.8 Å². The van der Waals surface area contributed by atoms with Gasteiger partial charge in [-0.3, -0.25) is 4.79 Å². The molecule has 1 fully saturated rings. The number of halogens is 4. The summed E-state index contributed by atoms with van der Waals surface area (Å²) in [5, 5.41) is 3.22. The molecule has 8 nitrogen and oxygen atoms in total. The second kappa shape index (κ2) is 11.2. The van der Waals surface area contributed by atoms with E-state index >= 15 is 0 Å². The Labute approximate surface area is 223 Å². The first-order valence-electron chi connectivity index (χ1n) is 13.1. The van der Waals surface area contributed by atoms with Gasteiger partial charge >= 0.3 is 12.1 Å². The Hall–Kier alpha value is -3.70. The summed E-state index contributed by atoms with van der Waals surface area (Å²) < 4.78 is 60.5. The van der Waals surface area contributed by atoms with Gasteiger partial charge in [0.25, 0.3) is 0 Å². The molecular formula is C27H30F4N6O2. The third-order valence-electron chi connectivity index (χ3n) is 7.31. The van der Waals surface area contributed by atoms with Crippen molar-refractivity contribution >= 4 is 23.6 Å². The van der Waals surface area contributed by atoms with Crippen molar-refractivity contribution in [1.29, 1.82) is 0 Å². The van der Waals surface area contributed by atoms with Gasteiger partial charge in [-0.25, -0.2) is 14.4 Å². The van der Waals surface area contributed by atoms with Crippen molar-refractivity contribution in [2.24, 2.45) is 5.92 Å². The van der Waals surface area contributed by atoms with Gasteiger partial charge in [-0.15, -0.1) is 0 Å². The van der Waals surface area contributed by atoms with E-state index in [9.17, 15) is 22.4 Å². The van der Waals surface area contributed by atoms with Crippen LogP contribution in [0.2, 0.25) is 0 Å². The summed E-state index contributed by atoms with van der Waals surface area (Å²) in [6.07, 6.45) is 3.88. The summed E-state index contributed by atoms with van der Waals surface area (Å²) in [5.74, 6) is -1.30. The Morgan fingerprint density at radius 1 is 1.08 bits per heavy atom. The van der Waals surface area contributed by atoms with Gasteiger partial charge < -0.3 is 19.9 Å². The zero-order valence-electron chi connectivity index (χ0n) is 21.6. The normalized spacial score (nSPS) is 20.0. The Morgan fingerprint density at radius 2 is 1.85 bits per heavy atom. The Bertz CT molecular complexity index is 1290. The minimum Gasteiger partial charge on any atom is -0.468 e. The highest BCUT2D eigenvalue weighted by Gasteiger charge is 2.36. The average molecular weight is 547 g/mol. The number of hydrogen-bond donors (Lipinski definition) is 1. The number of carbonyl (C=O) groups is 1. The van der Waals surface area contributed by atoms with E-state index in [1.807, 2.05) is 0 Å². The van der Waals surface area contributed by atoms with Crippen LogP contribution in [0.5, 0.6) is 0 Å². The first kappa shape index (κ1) is 26.9. The van der Waals surface area contributed by atoms with E-state index in [-0.39, 0.29) is 18.8 Å². The smallest absolute Gasteiger partial charge is 0.419 e. The summed E-state index contributed by atoms with van der Waals surface area (Å²) in [5.41, 5.74) is 1.19. The van der Waals surface area contributed by atoms with Crippen molar-refractivity contribution in [1.82, 2.24) is 15.0 Å². The number of nitrogens with zero attached hydrogens (tertiary/aromatic N) is 5. The monoisotopic (exact) mass is 546 g/mol. The van der Waals surface area contributed by atoms with E-state index < -0.39 is 29.5 Å². The molecule has 1 atom stereocenters. The molecule has 2 aliphatic heterocycles. The molecule has 208 valence electrons. The number of ether oxygens (including phenoxy) is 1. The van der Waals surface area contributed by atoms with Crippen LogP contribution in [0.15, 0.2) is 42.0 Å². The van der Waals surface area contributed by atoms with Crippen LogP contribution in [0.4, 0.5) is 35.1 Å². The molecule has 2 aromatic rings. The van der Waals surface area contributed by atoms with Crippen LogP contribution in [-0.2, 0) is 28.5 Å². The van der Waals surface area contributed by atoms with Crippen LogP contribution in [0.25, 0.3) is 0 Å². The van der Waals surface area contributed by atoms with E-state index in [1.165, 1.54) is 25.4 Å². The maximum atomic E-state index is 14.7. The van der Waals surface area contributed by atoms with Crippen LogP contribution < -0.4 is 15.1 Å². The fourth-order valence-electron chi connectivity index (χ4n) is 5.25. The standard InChI is InChI=1S/C27H30F4N6O2/c1-39-25(38)18-8-7-17(16-21(18)28)33-23-19-9-14-36(24-20(27(29,30)31)6-5-11-32-24)15-10-22(19)34-26(35-23)37-12-3-2-4-13-37/h5-7,11,16,18H,2-4,8-10,12-15H2,1H3,(H,33,34,35). The second-order valence-corrected chi connectivity index (χ2v) is 9.83. The molecule has 5 rings (SSSR count). The van der Waals surface area contributed by atoms with Crippen molar-refractivity contribution in [3.63, 3.8) is 0 Å². The van der Waals surface area contributed by atoms with Crippen LogP contribution in [-0.4, -0.2) is 54.2 Å².